The number of carbonyl (C=O) groups is 2. The Kier molecular flexibility index (Phi) is 7.05. The second kappa shape index (κ2) is 9.94. The van der Waals surface area contributed by atoms with Gasteiger partial charge in [0.15, 0.2) is 12.2 Å². The highest BCUT2D eigenvalue weighted by molar-refractivity contribution is 7.12. The summed E-state index contributed by atoms with van der Waals surface area (Å²) in [7, 11) is 0. The monoisotopic (exact) mass is 442 g/mol. The van der Waals surface area contributed by atoms with Crippen LogP contribution in [0.5, 0.6) is 0 Å². The van der Waals surface area contributed by atoms with E-state index in [0.29, 0.717) is 13.1 Å². The van der Waals surface area contributed by atoms with Crippen LogP contribution in [0.1, 0.15) is 53.0 Å². The van der Waals surface area contributed by atoms with Crippen molar-refractivity contribution >= 4 is 23.2 Å². The highest BCUT2D eigenvalue weighted by atomic mass is 32.1. The van der Waals surface area contributed by atoms with Crippen LogP contribution in [0.2, 0.25) is 0 Å². The summed E-state index contributed by atoms with van der Waals surface area (Å²) in [5, 5.41) is 23.2. The Morgan fingerprint density at radius 2 is 1.61 bits per heavy atom. The van der Waals surface area contributed by atoms with Gasteiger partial charge in [-0.1, -0.05) is 56.4 Å². The number of nitrogens with zero attached hydrogens (tertiary/aromatic N) is 1. The van der Waals surface area contributed by atoms with Gasteiger partial charge < -0.3 is 20.4 Å². The molecule has 1 saturated carbocycles. The Bertz CT molecular complexity index is 897. The quantitative estimate of drug-likeness (QED) is 0.615. The van der Waals surface area contributed by atoms with Gasteiger partial charge in [0, 0.05) is 22.8 Å². The zero-order valence-corrected chi connectivity index (χ0v) is 18.4. The normalized spacial score (nSPS) is 18.5. The number of thiophene rings is 1. The molecule has 0 spiro atoms. The molecule has 0 radical (unpaired) electrons. The fourth-order valence-electron chi connectivity index (χ4n) is 4.54. The zero-order chi connectivity index (χ0) is 21.8. The van der Waals surface area contributed by atoms with Crippen molar-refractivity contribution in [1.82, 2.24) is 10.2 Å². The average molecular weight is 443 g/mol. The highest BCUT2D eigenvalue weighted by Crippen LogP contribution is 2.29. The molecule has 2 aromatic rings. The van der Waals surface area contributed by atoms with Crippen molar-refractivity contribution in [3.63, 3.8) is 0 Å². The Hall–Kier alpha value is -2.22. The number of carbonyl (C=O) groups excluding carboxylic acids is 2. The Balaban J connectivity index is 1.25. The van der Waals surface area contributed by atoms with E-state index in [1.807, 2.05) is 30.3 Å². The van der Waals surface area contributed by atoms with E-state index in [0.717, 1.165) is 28.3 Å². The molecule has 4 rings (SSSR count). The van der Waals surface area contributed by atoms with Gasteiger partial charge in [-0.25, -0.2) is 0 Å². The molecule has 1 aromatic heterocycles. The molecule has 7 heteroatoms. The molecule has 2 heterocycles. The predicted octanol–water partition coefficient (Wildman–Crippen LogP) is 2.75. The van der Waals surface area contributed by atoms with Crippen molar-refractivity contribution < 1.29 is 19.8 Å². The topological polar surface area (TPSA) is 89.9 Å². The van der Waals surface area contributed by atoms with Crippen molar-refractivity contribution in [1.29, 1.82) is 0 Å². The van der Waals surface area contributed by atoms with E-state index >= 15 is 0 Å². The smallest absolute Gasteiger partial charge is 0.255 e. The third-order valence-electron chi connectivity index (χ3n) is 6.34. The molecule has 1 unspecified atom stereocenters. The van der Waals surface area contributed by atoms with E-state index in [2.05, 4.69) is 11.4 Å². The third kappa shape index (κ3) is 5.34. The maximum atomic E-state index is 12.6. The molecule has 0 saturated heterocycles. The Morgan fingerprint density at radius 3 is 2.29 bits per heavy atom. The molecule has 1 fully saturated rings. The van der Waals surface area contributed by atoms with Gasteiger partial charge in [0.1, 0.15) is 0 Å². The van der Waals surface area contributed by atoms with Gasteiger partial charge in [-0.05, 0) is 35.6 Å². The van der Waals surface area contributed by atoms with Crippen LogP contribution in [-0.4, -0.2) is 39.1 Å². The number of hydrogen-bond donors (Lipinski definition) is 3. The fourth-order valence-corrected chi connectivity index (χ4v) is 5.61. The number of aliphatic hydroxyl groups excluding tert-OH is 2. The summed E-state index contributed by atoms with van der Waals surface area (Å²) < 4.78 is 0. The predicted molar refractivity (Wildman–Crippen MR) is 119 cm³/mol. The second-order valence-corrected chi connectivity index (χ2v) is 9.90. The maximum absolute atomic E-state index is 12.6. The largest absolute Gasteiger partial charge is 0.380 e. The molecule has 2 amide bonds. The van der Waals surface area contributed by atoms with Gasteiger partial charge in [0.2, 0.25) is 0 Å². The van der Waals surface area contributed by atoms with E-state index in [4.69, 9.17) is 0 Å². The molecular formula is C24H30N2O4S. The lowest BCUT2D eigenvalue weighted by molar-refractivity contribution is -0.153. The van der Waals surface area contributed by atoms with Crippen LogP contribution in [0.15, 0.2) is 36.4 Å². The molecule has 1 aliphatic heterocycles. The van der Waals surface area contributed by atoms with Crippen LogP contribution in [0.3, 0.4) is 0 Å². The van der Waals surface area contributed by atoms with Crippen molar-refractivity contribution in [3.8, 4) is 0 Å². The van der Waals surface area contributed by atoms with Crippen molar-refractivity contribution in [2.45, 2.75) is 70.4 Å². The van der Waals surface area contributed by atoms with Crippen LogP contribution < -0.4 is 5.32 Å². The van der Waals surface area contributed by atoms with Crippen LogP contribution in [0, 0.1) is 5.92 Å². The number of amides is 2. The molecule has 0 bridgehead atoms. The van der Waals surface area contributed by atoms with Crippen molar-refractivity contribution in [3.05, 3.63) is 57.3 Å². The van der Waals surface area contributed by atoms with Crippen molar-refractivity contribution in [2.75, 3.05) is 0 Å². The summed E-state index contributed by atoms with van der Waals surface area (Å²) in [5.74, 6) is -0.612. The standard InChI is InChI=1S/C24H30N2O4S/c27-21(22(28)24(30)26-14-17-8-4-5-9-18(17)15-26)23(29)25-13-20-11-10-19(31-20)12-16-6-2-1-3-7-16/h4-5,8-11,16,21-22,27-28H,1-3,6-7,12-15H2,(H,25,29)/t21?,22-/m1/s1. The number of aliphatic hydroxyl groups is 2. The SMILES string of the molecule is O=C(NCc1ccc(CC2CCCCC2)s1)C(O)[C@@H](O)C(=O)N1Cc2ccccc2C1. The molecule has 6 nitrogen and oxygen atoms in total. The van der Waals surface area contributed by atoms with Gasteiger partial charge in [-0.2, -0.15) is 0 Å². The van der Waals surface area contributed by atoms with Gasteiger partial charge >= 0.3 is 0 Å². The third-order valence-corrected chi connectivity index (χ3v) is 7.45. The van der Waals surface area contributed by atoms with E-state index in [9.17, 15) is 19.8 Å². The number of fused-ring (bicyclic) bond motifs is 1. The van der Waals surface area contributed by atoms with Gasteiger partial charge in [-0.15, -0.1) is 11.3 Å². The number of rotatable bonds is 7. The lowest BCUT2D eigenvalue weighted by Crippen LogP contribution is -2.49. The number of nitrogens with one attached hydrogen (secondary N) is 1. The van der Waals surface area contributed by atoms with Crippen LogP contribution in [0.25, 0.3) is 0 Å². The lowest BCUT2D eigenvalue weighted by Gasteiger charge is -2.22. The molecule has 1 aromatic carbocycles. The lowest BCUT2D eigenvalue weighted by atomic mass is 9.87. The molecule has 2 aliphatic rings. The van der Waals surface area contributed by atoms with Gasteiger partial charge in [-0.3, -0.25) is 9.59 Å². The Labute approximate surface area is 186 Å². The minimum atomic E-state index is -1.79. The average Bonchev–Trinajstić information content (AvgIpc) is 3.43. The molecular weight excluding hydrogens is 412 g/mol. The van der Waals surface area contributed by atoms with Crippen LogP contribution in [0.4, 0.5) is 0 Å². The van der Waals surface area contributed by atoms with Gasteiger partial charge in [0.25, 0.3) is 11.8 Å². The summed E-state index contributed by atoms with van der Waals surface area (Å²) in [6, 6.07) is 11.8. The maximum Gasteiger partial charge on any atom is 0.255 e. The number of hydrogen-bond acceptors (Lipinski definition) is 5. The van der Waals surface area contributed by atoms with E-state index in [1.54, 1.807) is 11.3 Å². The van der Waals surface area contributed by atoms with E-state index < -0.39 is 24.0 Å². The van der Waals surface area contributed by atoms with Crippen LogP contribution in [-0.2, 0) is 35.6 Å². The number of benzene rings is 1. The molecule has 1 aliphatic carbocycles. The summed E-state index contributed by atoms with van der Waals surface area (Å²) in [6.45, 7) is 1.03. The minimum Gasteiger partial charge on any atom is -0.380 e. The summed E-state index contributed by atoms with van der Waals surface area (Å²) >= 11 is 1.67. The zero-order valence-electron chi connectivity index (χ0n) is 17.6. The van der Waals surface area contributed by atoms with E-state index in [-0.39, 0.29) is 6.54 Å². The molecule has 31 heavy (non-hydrogen) atoms. The van der Waals surface area contributed by atoms with Crippen molar-refractivity contribution in [2.24, 2.45) is 5.92 Å². The summed E-state index contributed by atoms with van der Waals surface area (Å²) in [6.07, 6.45) is 4.10. The van der Waals surface area contributed by atoms with Gasteiger partial charge in [0.05, 0.1) is 6.54 Å². The molecule has 166 valence electrons. The first-order chi connectivity index (χ1) is 15.0. The minimum absolute atomic E-state index is 0.279. The fraction of sp³-hybridized carbons (Fsp3) is 0.500. The highest BCUT2D eigenvalue weighted by Gasteiger charge is 2.35. The van der Waals surface area contributed by atoms with E-state index in [1.165, 1.54) is 41.9 Å². The first kappa shape index (κ1) is 22.0. The van der Waals surface area contributed by atoms with Crippen LogP contribution >= 0.6 is 11.3 Å². The Morgan fingerprint density at radius 1 is 0.968 bits per heavy atom. The molecule has 2 atom stereocenters. The first-order valence-electron chi connectivity index (χ1n) is 11.1. The first-order valence-corrected chi connectivity index (χ1v) is 11.9. The summed E-state index contributed by atoms with van der Waals surface area (Å²) in [4.78, 5) is 28.7. The molecule has 3 N–H and O–H groups in total. The summed E-state index contributed by atoms with van der Waals surface area (Å²) in [5.41, 5.74) is 2.03. The second-order valence-electron chi connectivity index (χ2n) is 8.65.